The predicted molar refractivity (Wildman–Crippen MR) is 71.4 cm³/mol. The van der Waals surface area contributed by atoms with Gasteiger partial charge in [-0.3, -0.25) is 4.98 Å². The van der Waals surface area contributed by atoms with Crippen LogP contribution < -0.4 is 5.73 Å². The molecule has 0 aliphatic carbocycles. The lowest BCUT2D eigenvalue weighted by atomic mass is 10.3. The molecule has 0 atom stereocenters. The Bertz CT molecular complexity index is 690. The average molecular weight is 289 g/mol. The minimum Gasteiger partial charge on any atom is -0.397 e. The van der Waals surface area contributed by atoms with Crippen molar-refractivity contribution >= 4 is 32.7 Å². The monoisotopic (exact) mass is 288 g/mol. The van der Waals surface area contributed by atoms with Crippen molar-refractivity contribution < 1.29 is 0 Å². The van der Waals surface area contributed by atoms with Crippen LogP contribution >= 0.6 is 15.9 Å². The molecule has 4 nitrogen and oxygen atoms in total. The number of imidazole rings is 1. The van der Waals surface area contributed by atoms with E-state index in [9.17, 15) is 0 Å². The molecule has 0 unspecified atom stereocenters. The highest BCUT2D eigenvalue weighted by Crippen LogP contribution is 2.27. The van der Waals surface area contributed by atoms with Crippen molar-refractivity contribution in [1.29, 1.82) is 0 Å². The summed E-state index contributed by atoms with van der Waals surface area (Å²) < 4.78 is 0.901. The number of rotatable bonds is 1. The maximum atomic E-state index is 5.87. The summed E-state index contributed by atoms with van der Waals surface area (Å²) in [5.41, 5.74) is 9.01. The van der Waals surface area contributed by atoms with E-state index in [0.717, 1.165) is 21.2 Å². The number of H-pyrrole nitrogens is 1. The lowest BCUT2D eigenvalue weighted by molar-refractivity contribution is 1.22. The Kier molecular flexibility index (Phi) is 2.33. The van der Waals surface area contributed by atoms with Gasteiger partial charge < -0.3 is 10.7 Å². The molecule has 5 heteroatoms. The molecule has 0 saturated heterocycles. The van der Waals surface area contributed by atoms with Gasteiger partial charge in [0.1, 0.15) is 11.2 Å². The fraction of sp³-hybridized carbons (Fsp3) is 0. The summed E-state index contributed by atoms with van der Waals surface area (Å²) >= 11 is 3.46. The Morgan fingerprint density at radius 2 is 2.06 bits per heavy atom. The number of aromatic nitrogens is 3. The molecular weight excluding hydrogens is 280 g/mol. The smallest absolute Gasteiger partial charge is 0.158 e. The Balaban J connectivity index is 2.26. The average Bonchev–Trinajstić information content (AvgIpc) is 2.75. The van der Waals surface area contributed by atoms with Gasteiger partial charge in [0.05, 0.1) is 11.2 Å². The van der Waals surface area contributed by atoms with Gasteiger partial charge in [-0.05, 0) is 40.2 Å². The second-order valence-electron chi connectivity index (χ2n) is 3.66. The van der Waals surface area contributed by atoms with Crippen LogP contribution in [0.5, 0.6) is 0 Å². The SMILES string of the molecule is Nc1cccc2[nH]c(-c3ncccc3Br)nc12. The summed E-state index contributed by atoms with van der Waals surface area (Å²) in [6.07, 6.45) is 1.73. The molecule has 0 spiro atoms. The van der Waals surface area contributed by atoms with E-state index < -0.39 is 0 Å². The Labute approximate surface area is 106 Å². The molecule has 0 aliphatic rings. The van der Waals surface area contributed by atoms with Crippen LogP contribution in [0.1, 0.15) is 0 Å². The first kappa shape index (κ1) is 10.3. The van der Waals surface area contributed by atoms with Crippen LogP contribution in [0.4, 0.5) is 5.69 Å². The van der Waals surface area contributed by atoms with Crippen molar-refractivity contribution in [3.63, 3.8) is 0 Å². The molecule has 0 aliphatic heterocycles. The number of pyridine rings is 1. The zero-order valence-corrected chi connectivity index (χ0v) is 10.4. The first-order valence-electron chi connectivity index (χ1n) is 5.11. The number of nitrogens with two attached hydrogens (primary N) is 1. The lowest BCUT2D eigenvalue weighted by Gasteiger charge is -1.97. The number of hydrogen-bond donors (Lipinski definition) is 2. The van der Waals surface area contributed by atoms with Gasteiger partial charge in [-0.2, -0.15) is 0 Å². The Morgan fingerprint density at radius 1 is 1.18 bits per heavy atom. The first-order chi connectivity index (χ1) is 8.25. The van der Waals surface area contributed by atoms with E-state index in [4.69, 9.17) is 5.73 Å². The Hall–Kier alpha value is -1.88. The normalized spacial score (nSPS) is 10.9. The third kappa shape index (κ3) is 1.68. The van der Waals surface area contributed by atoms with Gasteiger partial charge in [-0.1, -0.05) is 6.07 Å². The van der Waals surface area contributed by atoms with E-state index in [-0.39, 0.29) is 0 Å². The van der Waals surface area contributed by atoms with E-state index in [1.807, 2.05) is 30.3 Å². The molecule has 0 saturated carbocycles. The van der Waals surface area contributed by atoms with Gasteiger partial charge in [-0.25, -0.2) is 4.98 Å². The number of halogens is 1. The molecule has 0 fully saturated rings. The zero-order chi connectivity index (χ0) is 11.8. The van der Waals surface area contributed by atoms with E-state index in [1.54, 1.807) is 6.20 Å². The van der Waals surface area contributed by atoms with E-state index in [2.05, 4.69) is 30.9 Å². The fourth-order valence-electron chi connectivity index (χ4n) is 1.73. The molecule has 2 heterocycles. The summed E-state index contributed by atoms with van der Waals surface area (Å²) in [4.78, 5) is 12.0. The topological polar surface area (TPSA) is 67.6 Å². The summed E-state index contributed by atoms with van der Waals surface area (Å²) in [7, 11) is 0. The minimum atomic E-state index is 0.664. The summed E-state index contributed by atoms with van der Waals surface area (Å²) in [5.74, 6) is 0.713. The maximum absolute atomic E-state index is 5.87. The summed E-state index contributed by atoms with van der Waals surface area (Å²) in [5, 5.41) is 0. The zero-order valence-electron chi connectivity index (χ0n) is 8.81. The lowest BCUT2D eigenvalue weighted by Crippen LogP contribution is -1.87. The van der Waals surface area contributed by atoms with Crippen LogP contribution in [-0.2, 0) is 0 Å². The number of nitrogens with zero attached hydrogens (tertiary/aromatic N) is 2. The third-order valence-electron chi connectivity index (χ3n) is 2.53. The molecule has 2 aromatic heterocycles. The van der Waals surface area contributed by atoms with Gasteiger partial charge in [0.25, 0.3) is 0 Å². The molecule has 0 bridgehead atoms. The van der Waals surface area contributed by atoms with E-state index >= 15 is 0 Å². The molecule has 0 radical (unpaired) electrons. The van der Waals surface area contributed by atoms with Crippen molar-refractivity contribution in [1.82, 2.24) is 15.0 Å². The van der Waals surface area contributed by atoms with Crippen LogP contribution in [0, 0.1) is 0 Å². The van der Waals surface area contributed by atoms with Crippen molar-refractivity contribution in [3.8, 4) is 11.5 Å². The number of nitrogens with one attached hydrogen (secondary N) is 1. The molecule has 3 aromatic rings. The molecule has 17 heavy (non-hydrogen) atoms. The van der Waals surface area contributed by atoms with Gasteiger partial charge in [0, 0.05) is 10.7 Å². The number of hydrogen-bond acceptors (Lipinski definition) is 3. The van der Waals surface area contributed by atoms with Gasteiger partial charge in [-0.15, -0.1) is 0 Å². The quantitative estimate of drug-likeness (QED) is 0.677. The number of benzene rings is 1. The number of nitrogen functional groups attached to an aromatic ring is 1. The van der Waals surface area contributed by atoms with E-state index in [0.29, 0.717) is 11.5 Å². The second kappa shape index (κ2) is 3.85. The maximum Gasteiger partial charge on any atom is 0.158 e. The van der Waals surface area contributed by atoms with Crippen molar-refractivity contribution in [2.75, 3.05) is 5.73 Å². The van der Waals surface area contributed by atoms with Crippen LogP contribution in [0.2, 0.25) is 0 Å². The third-order valence-corrected chi connectivity index (χ3v) is 3.17. The van der Waals surface area contributed by atoms with Crippen LogP contribution in [-0.4, -0.2) is 15.0 Å². The summed E-state index contributed by atoms with van der Waals surface area (Å²) in [6, 6.07) is 9.47. The minimum absolute atomic E-state index is 0.664. The van der Waals surface area contributed by atoms with Gasteiger partial charge in [0.15, 0.2) is 5.82 Å². The number of fused-ring (bicyclic) bond motifs is 1. The number of para-hydroxylation sites is 1. The highest BCUT2D eigenvalue weighted by molar-refractivity contribution is 9.10. The molecule has 0 amide bonds. The van der Waals surface area contributed by atoms with Crippen LogP contribution in [0.25, 0.3) is 22.6 Å². The highest BCUT2D eigenvalue weighted by atomic mass is 79.9. The Morgan fingerprint density at radius 3 is 2.82 bits per heavy atom. The van der Waals surface area contributed by atoms with Crippen LogP contribution in [0.15, 0.2) is 41.0 Å². The molecule has 3 N–H and O–H groups in total. The summed E-state index contributed by atoms with van der Waals surface area (Å²) in [6.45, 7) is 0. The van der Waals surface area contributed by atoms with Crippen molar-refractivity contribution in [2.24, 2.45) is 0 Å². The van der Waals surface area contributed by atoms with E-state index in [1.165, 1.54) is 0 Å². The van der Waals surface area contributed by atoms with Crippen molar-refractivity contribution in [3.05, 3.63) is 41.0 Å². The number of aromatic amines is 1. The standard InChI is InChI=1S/C12H9BrN4/c13-7-3-2-6-15-10(7)12-16-9-5-1-4-8(14)11(9)17-12/h1-6H,14H2,(H,16,17). The molecule has 84 valence electrons. The highest BCUT2D eigenvalue weighted by Gasteiger charge is 2.10. The van der Waals surface area contributed by atoms with Gasteiger partial charge in [0.2, 0.25) is 0 Å². The molecule has 3 rings (SSSR count). The molecule has 1 aromatic carbocycles. The second-order valence-corrected chi connectivity index (χ2v) is 4.52. The van der Waals surface area contributed by atoms with Crippen LogP contribution in [0.3, 0.4) is 0 Å². The largest absolute Gasteiger partial charge is 0.397 e. The first-order valence-corrected chi connectivity index (χ1v) is 5.90. The van der Waals surface area contributed by atoms with Gasteiger partial charge >= 0.3 is 0 Å². The predicted octanol–water partition coefficient (Wildman–Crippen LogP) is 2.97. The fourth-order valence-corrected chi connectivity index (χ4v) is 2.17. The van der Waals surface area contributed by atoms with Crippen molar-refractivity contribution in [2.45, 2.75) is 0 Å². The number of anilines is 1. The molecular formula is C12H9BrN4.